The Kier molecular flexibility index (Phi) is 6.06. The van der Waals surface area contributed by atoms with Gasteiger partial charge in [0, 0.05) is 0 Å². The van der Waals surface area contributed by atoms with Crippen molar-refractivity contribution in [3.63, 3.8) is 0 Å². The summed E-state index contributed by atoms with van der Waals surface area (Å²) in [6.45, 7) is 2.71. The molecule has 4 heteroatoms. The highest BCUT2D eigenvalue weighted by Crippen LogP contribution is 2.32. The first kappa shape index (κ1) is 18.5. The summed E-state index contributed by atoms with van der Waals surface area (Å²) in [6.07, 6.45) is 1.18. The first-order valence-corrected chi connectivity index (χ1v) is 8.86. The van der Waals surface area contributed by atoms with E-state index >= 15 is 0 Å². The Morgan fingerprint density at radius 3 is 2.52 bits per heavy atom. The summed E-state index contributed by atoms with van der Waals surface area (Å²) in [6, 6.07) is 21.7. The van der Waals surface area contributed by atoms with Crippen LogP contribution in [0, 0.1) is 17.1 Å². The highest BCUT2D eigenvalue weighted by molar-refractivity contribution is 5.68. The van der Waals surface area contributed by atoms with E-state index in [1.165, 1.54) is 6.07 Å². The van der Waals surface area contributed by atoms with Gasteiger partial charge < -0.3 is 9.47 Å². The van der Waals surface area contributed by atoms with Gasteiger partial charge >= 0.3 is 0 Å². The van der Waals surface area contributed by atoms with Crippen molar-refractivity contribution < 1.29 is 13.9 Å². The molecule has 0 amide bonds. The van der Waals surface area contributed by atoms with Crippen LogP contribution in [0.15, 0.2) is 66.7 Å². The SMILES string of the molecule is CCCOc1cccc(-c2cc(CC#N)cc(Oc3ccccc3F)c2)c1. The summed E-state index contributed by atoms with van der Waals surface area (Å²) in [7, 11) is 0. The van der Waals surface area contributed by atoms with E-state index in [0.29, 0.717) is 12.4 Å². The minimum Gasteiger partial charge on any atom is -0.494 e. The number of nitriles is 1. The number of rotatable bonds is 7. The quantitative estimate of drug-likeness (QED) is 0.507. The maximum Gasteiger partial charge on any atom is 0.165 e. The third-order valence-electron chi connectivity index (χ3n) is 3.95. The molecule has 0 bridgehead atoms. The van der Waals surface area contributed by atoms with Gasteiger partial charge in [-0.3, -0.25) is 0 Å². The maximum absolute atomic E-state index is 13.9. The first-order chi connectivity index (χ1) is 13.2. The summed E-state index contributed by atoms with van der Waals surface area (Å²) >= 11 is 0. The fourth-order valence-corrected chi connectivity index (χ4v) is 2.72. The van der Waals surface area contributed by atoms with Crippen LogP contribution in [0.1, 0.15) is 18.9 Å². The fourth-order valence-electron chi connectivity index (χ4n) is 2.72. The standard InChI is InChI=1S/C23H20FNO2/c1-2-12-26-20-7-5-6-18(15-20)19-13-17(10-11-25)14-21(16-19)27-23-9-4-3-8-22(23)24/h3-9,13-16H,2,10,12H2,1H3. The minimum absolute atomic E-state index is 0.151. The van der Waals surface area contributed by atoms with Crippen LogP contribution in [0.3, 0.4) is 0 Å². The number of benzene rings is 3. The number of nitrogens with zero attached hydrogens (tertiary/aromatic N) is 1. The van der Waals surface area contributed by atoms with Gasteiger partial charge in [0.05, 0.1) is 19.1 Å². The molecule has 0 aliphatic rings. The van der Waals surface area contributed by atoms with Crippen LogP contribution in [-0.4, -0.2) is 6.61 Å². The monoisotopic (exact) mass is 361 g/mol. The molecule has 136 valence electrons. The van der Waals surface area contributed by atoms with E-state index in [-0.39, 0.29) is 12.2 Å². The van der Waals surface area contributed by atoms with E-state index in [1.807, 2.05) is 36.4 Å². The smallest absolute Gasteiger partial charge is 0.165 e. The van der Waals surface area contributed by atoms with Crippen molar-refractivity contribution in [3.8, 4) is 34.4 Å². The second-order valence-corrected chi connectivity index (χ2v) is 6.11. The molecule has 0 aliphatic heterocycles. The fraction of sp³-hybridized carbons (Fsp3) is 0.174. The third-order valence-corrected chi connectivity index (χ3v) is 3.95. The van der Waals surface area contributed by atoms with Gasteiger partial charge in [-0.2, -0.15) is 5.26 Å². The van der Waals surface area contributed by atoms with Crippen molar-refractivity contribution in [2.75, 3.05) is 6.61 Å². The molecular formula is C23H20FNO2. The zero-order valence-corrected chi connectivity index (χ0v) is 15.1. The lowest BCUT2D eigenvalue weighted by Gasteiger charge is -2.12. The molecule has 27 heavy (non-hydrogen) atoms. The van der Waals surface area contributed by atoms with E-state index in [4.69, 9.17) is 14.7 Å². The third kappa shape index (κ3) is 4.86. The molecule has 0 saturated carbocycles. The van der Waals surface area contributed by atoms with Crippen molar-refractivity contribution in [2.24, 2.45) is 0 Å². The van der Waals surface area contributed by atoms with Crippen LogP contribution in [0.4, 0.5) is 4.39 Å². The van der Waals surface area contributed by atoms with Gasteiger partial charge in [0.15, 0.2) is 11.6 Å². The summed E-state index contributed by atoms with van der Waals surface area (Å²) in [5.74, 6) is 0.997. The van der Waals surface area contributed by atoms with Crippen molar-refractivity contribution >= 4 is 0 Å². The Hall–Kier alpha value is -3.32. The Balaban J connectivity index is 1.97. The lowest BCUT2D eigenvalue weighted by molar-refractivity contribution is 0.317. The lowest BCUT2D eigenvalue weighted by atomic mass is 10.0. The highest BCUT2D eigenvalue weighted by Gasteiger charge is 2.09. The van der Waals surface area contributed by atoms with Crippen molar-refractivity contribution in [2.45, 2.75) is 19.8 Å². The van der Waals surface area contributed by atoms with Crippen LogP contribution in [0.5, 0.6) is 17.2 Å². The van der Waals surface area contributed by atoms with Gasteiger partial charge in [0.25, 0.3) is 0 Å². The molecule has 3 nitrogen and oxygen atoms in total. The normalized spacial score (nSPS) is 10.3. The first-order valence-electron chi connectivity index (χ1n) is 8.86. The van der Waals surface area contributed by atoms with Gasteiger partial charge in [-0.15, -0.1) is 0 Å². The molecule has 0 spiro atoms. The molecule has 0 radical (unpaired) electrons. The largest absolute Gasteiger partial charge is 0.494 e. The molecule has 0 heterocycles. The average molecular weight is 361 g/mol. The van der Waals surface area contributed by atoms with Gasteiger partial charge in [-0.1, -0.05) is 31.2 Å². The molecule has 0 fully saturated rings. The van der Waals surface area contributed by atoms with Crippen molar-refractivity contribution in [1.82, 2.24) is 0 Å². The number of ether oxygens (including phenoxy) is 2. The zero-order valence-electron chi connectivity index (χ0n) is 15.1. The summed E-state index contributed by atoms with van der Waals surface area (Å²) in [4.78, 5) is 0. The molecule has 0 aromatic heterocycles. The molecule has 0 saturated heterocycles. The summed E-state index contributed by atoms with van der Waals surface area (Å²) in [5, 5.41) is 9.08. The van der Waals surface area contributed by atoms with E-state index in [1.54, 1.807) is 24.3 Å². The molecule has 0 aliphatic carbocycles. The second kappa shape index (κ2) is 8.86. The van der Waals surface area contributed by atoms with E-state index in [9.17, 15) is 4.39 Å². The number of hydrogen-bond acceptors (Lipinski definition) is 3. The Morgan fingerprint density at radius 1 is 0.926 bits per heavy atom. The zero-order chi connectivity index (χ0) is 19.1. The van der Waals surface area contributed by atoms with Crippen LogP contribution >= 0.6 is 0 Å². The summed E-state index contributed by atoms with van der Waals surface area (Å²) < 4.78 is 25.4. The van der Waals surface area contributed by atoms with Gasteiger partial charge in [-0.05, 0) is 65.6 Å². The Bertz CT molecular complexity index is 963. The minimum atomic E-state index is -0.431. The second-order valence-electron chi connectivity index (χ2n) is 6.11. The summed E-state index contributed by atoms with van der Waals surface area (Å²) in [5.41, 5.74) is 2.64. The Labute approximate surface area is 158 Å². The number of para-hydroxylation sites is 1. The predicted octanol–water partition coefficient (Wildman–Crippen LogP) is 6.14. The van der Waals surface area contributed by atoms with Crippen LogP contribution < -0.4 is 9.47 Å². The molecule has 0 atom stereocenters. The molecule has 3 aromatic carbocycles. The molecular weight excluding hydrogens is 341 g/mol. The molecule has 0 unspecified atom stereocenters. The predicted molar refractivity (Wildman–Crippen MR) is 103 cm³/mol. The molecule has 3 rings (SSSR count). The van der Waals surface area contributed by atoms with Crippen LogP contribution in [0.25, 0.3) is 11.1 Å². The molecule has 0 N–H and O–H groups in total. The lowest BCUT2D eigenvalue weighted by Crippen LogP contribution is -1.95. The van der Waals surface area contributed by atoms with Crippen molar-refractivity contribution in [1.29, 1.82) is 5.26 Å². The van der Waals surface area contributed by atoms with Gasteiger partial charge in [-0.25, -0.2) is 4.39 Å². The van der Waals surface area contributed by atoms with E-state index in [2.05, 4.69) is 13.0 Å². The topological polar surface area (TPSA) is 42.2 Å². The number of hydrogen-bond donors (Lipinski definition) is 0. The van der Waals surface area contributed by atoms with E-state index < -0.39 is 5.82 Å². The van der Waals surface area contributed by atoms with Gasteiger partial charge in [0.1, 0.15) is 11.5 Å². The number of halogens is 1. The van der Waals surface area contributed by atoms with Crippen LogP contribution in [-0.2, 0) is 6.42 Å². The van der Waals surface area contributed by atoms with E-state index in [0.717, 1.165) is 28.9 Å². The average Bonchev–Trinajstić information content (AvgIpc) is 2.68. The maximum atomic E-state index is 13.9. The molecule has 3 aromatic rings. The highest BCUT2D eigenvalue weighted by atomic mass is 19.1. The Morgan fingerprint density at radius 2 is 1.74 bits per heavy atom. The van der Waals surface area contributed by atoms with Crippen molar-refractivity contribution in [3.05, 3.63) is 78.1 Å². The van der Waals surface area contributed by atoms with Gasteiger partial charge in [0.2, 0.25) is 0 Å². The van der Waals surface area contributed by atoms with Crippen LogP contribution in [0.2, 0.25) is 0 Å².